The van der Waals surface area contributed by atoms with E-state index in [9.17, 15) is 4.79 Å². The van der Waals surface area contributed by atoms with Crippen LogP contribution in [0.1, 0.15) is 38.5 Å². The molecule has 0 bridgehead atoms. The molecule has 0 aliphatic heterocycles. The molecule has 0 spiro atoms. The molecule has 2 unspecified atom stereocenters. The topological polar surface area (TPSA) is 49.3 Å². The largest absolute Gasteiger partial charge is 0.480 e. The third-order valence-corrected chi connectivity index (χ3v) is 4.06. The zero-order valence-corrected chi connectivity index (χ0v) is 8.75. The maximum atomic E-state index is 11.1. The predicted molar refractivity (Wildman–Crippen MR) is 54.1 cm³/mol. The number of carbonyl (C=O) groups is 1. The Morgan fingerprint density at radius 1 is 1.36 bits per heavy atom. The van der Waals surface area contributed by atoms with Crippen molar-refractivity contribution in [3.63, 3.8) is 0 Å². The van der Waals surface area contributed by atoms with E-state index in [1.807, 2.05) is 0 Å². The first-order chi connectivity index (χ1) is 6.70. The van der Waals surface area contributed by atoms with E-state index in [0.717, 1.165) is 6.42 Å². The van der Waals surface area contributed by atoms with E-state index in [4.69, 9.17) is 5.11 Å². The molecule has 2 fully saturated rings. The van der Waals surface area contributed by atoms with Crippen LogP contribution in [-0.4, -0.2) is 23.7 Å². The van der Waals surface area contributed by atoms with Crippen LogP contribution in [0.5, 0.6) is 0 Å². The molecule has 2 atom stereocenters. The fourth-order valence-corrected chi connectivity index (χ4v) is 3.03. The van der Waals surface area contributed by atoms with Crippen LogP contribution in [0.25, 0.3) is 0 Å². The minimum absolute atomic E-state index is 0.394. The second-order valence-corrected chi connectivity index (χ2v) is 4.74. The van der Waals surface area contributed by atoms with Crippen LogP contribution in [0.4, 0.5) is 0 Å². The molecule has 0 aromatic heterocycles. The van der Waals surface area contributed by atoms with Gasteiger partial charge >= 0.3 is 5.97 Å². The summed E-state index contributed by atoms with van der Waals surface area (Å²) in [5.41, 5.74) is -0.567. The molecule has 2 rings (SSSR count). The number of likely N-dealkylation sites (N-methyl/N-ethyl adjacent to an activating group) is 1. The van der Waals surface area contributed by atoms with Crippen LogP contribution in [-0.2, 0) is 4.79 Å². The normalized spacial score (nSPS) is 38.2. The monoisotopic (exact) mass is 197 g/mol. The highest BCUT2D eigenvalue weighted by Crippen LogP contribution is 2.52. The Bertz CT molecular complexity index is 235. The number of nitrogens with one attached hydrogen (secondary N) is 1. The Morgan fingerprint density at radius 3 is 2.43 bits per heavy atom. The van der Waals surface area contributed by atoms with Gasteiger partial charge in [0.2, 0.25) is 0 Å². The highest BCUT2D eigenvalue weighted by Gasteiger charge is 2.61. The zero-order valence-electron chi connectivity index (χ0n) is 8.75. The van der Waals surface area contributed by atoms with Crippen molar-refractivity contribution in [3.8, 4) is 0 Å². The molecule has 2 aliphatic rings. The SMILES string of the molecule is CNC1(C(=O)O)CC1C1CCCCC1. The Kier molecular flexibility index (Phi) is 2.52. The number of aliphatic carboxylic acids is 1. The summed E-state index contributed by atoms with van der Waals surface area (Å²) in [5.74, 6) is 0.396. The van der Waals surface area contributed by atoms with Crippen molar-refractivity contribution in [2.75, 3.05) is 7.05 Å². The van der Waals surface area contributed by atoms with E-state index in [-0.39, 0.29) is 0 Å². The smallest absolute Gasteiger partial charge is 0.324 e. The van der Waals surface area contributed by atoms with Gasteiger partial charge in [0.05, 0.1) is 0 Å². The summed E-state index contributed by atoms with van der Waals surface area (Å²) in [4.78, 5) is 11.1. The second-order valence-electron chi connectivity index (χ2n) is 4.74. The first kappa shape index (κ1) is 9.97. The molecule has 2 N–H and O–H groups in total. The maximum absolute atomic E-state index is 11.1. The Balaban J connectivity index is 1.98. The summed E-state index contributed by atoms with van der Waals surface area (Å²) < 4.78 is 0. The van der Waals surface area contributed by atoms with Crippen LogP contribution >= 0.6 is 0 Å². The molecule has 0 radical (unpaired) electrons. The average Bonchev–Trinajstić information content (AvgIpc) is 2.95. The Morgan fingerprint density at radius 2 is 2.00 bits per heavy atom. The van der Waals surface area contributed by atoms with Crippen LogP contribution in [0.2, 0.25) is 0 Å². The van der Waals surface area contributed by atoms with Crippen molar-refractivity contribution >= 4 is 5.97 Å². The van der Waals surface area contributed by atoms with Gasteiger partial charge in [0.1, 0.15) is 5.54 Å². The molecule has 0 saturated heterocycles. The van der Waals surface area contributed by atoms with Crippen LogP contribution in [0.15, 0.2) is 0 Å². The van der Waals surface area contributed by atoms with Crippen molar-refractivity contribution in [2.45, 2.75) is 44.1 Å². The van der Waals surface area contributed by atoms with Gasteiger partial charge in [-0.05, 0) is 25.3 Å². The van der Waals surface area contributed by atoms with Crippen LogP contribution in [0.3, 0.4) is 0 Å². The van der Waals surface area contributed by atoms with Gasteiger partial charge in [-0.1, -0.05) is 32.1 Å². The molecule has 0 amide bonds. The van der Waals surface area contributed by atoms with Gasteiger partial charge in [0.15, 0.2) is 0 Å². The van der Waals surface area contributed by atoms with E-state index in [1.165, 1.54) is 32.1 Å². The van der Waals surface area contributed by atoms with Gasteiger partial charge in [-0.3, -0.25) is 4.79 Å². The zero-order chi connectivity index (χ0) is 10.2. The molecule has 0 heterocycles. The van der Waals surface area contributed by atoms with Gasteiger partial charge in [-0.15, -0.1) is 0 Å². The molecule has 3 heteroatoms. The third-order valence-electron chi connectivity index (χ3n) is 4.06. The van der Waals surface area contributed by atoms with Crippen molar-refractivity contribution in [2.24, 2.45) is 11.8 Å². The lowest BCUT2D eigenvalue weighted by Gasteiger charge is -2.23. The molecule has 2 aliphatic carbocycles. The molecular formula is C11H19NO2. The highest BCUT2D eigenvalue weighted by atomic mass is 16.4. The van der Waals surface area contributed by atoms with Crippen molar-refractivity contribution < 1.29 is 9.90 Å². The third kappa shape index (κ3) is 1.44. The first-order valence-electron chi connectivity index (χ1n) is 5.63. The summed E-state index contributed by atoms with van der Waals surface area (Å²) in [6.07, 6.45) is 7.23. The van der Waals surface area contributed by atoms with Gasteiger partial charge in [0.25, 0.3) is 0 Å². The van der Waals surface area contributed by atoms with E-state index in [0.29, 0.717) is 11.8 Å². The highest BCUT2D eigenvalue weighted by molar-refractivity contribution is 5.83. The Hall–Kier alpha value is -0.570. The van der Waals surface area contributed by atoms with Gasteiger partial charge < -0.3 is 10.4 Å². The number of carboxylic acid groups (broad SMARTS) is 1. The van der Waals surface area contributed by atoms with E-state index in [2.05, 4.69) is 5.32 Å². The van der Waals surface area contributed by atoms with Gasteiger partial charge in [-0.2, -0.15) is 0 Å². The Labute approximate surface area is 84.9 Å². The first-order valence-corrected chi connectivity index (χ1v) is 5.63. The summed E-state index contributed by atoms with van der Waals surface area (Å²) in [7, 11) is 1.77. The number of carboxylic acids is 1. The summed E-state index contributed by atoms with van der Waals surface area (Å²) >= 11 is 0. The standard InChI is InChI=1S/C11H19NO2/c1-12-11(10(13)14)7-9(11)8-5-3-2-4-6-8/h8-9,12H,2-7H2,1H3,(H,13,14). The molecule has 2 saturated carbocycles. The lowest BCUT2D eigenvalue weighted by atomic mass is 9.84. The molecule has 80 valence electrons. The minimum Gasteiger partial charge on any atom is -0.480 e. The fourth-order valence-electron chi connectivity index (χ4n) is 3.03. The summed E-state index contributed by atoms with van der Waals surface area (Å²) in [6.45, 7) is 0. The van der Waals surface area contributed by atoms with Crippen LogP contribution in [0, 0.1) is 11.8 Å². The van der Waals surface area contributed by atoms with Crippen molar-refractivity contribution in [1.82, 2.24) is 5.32 Å². The lowest BCUT2D eigenvalue weighted by molar-refractivity contribution is -0.141. The average molecular weight is 197 g/mol. The minimum atomic E-state index is -0.657. The molecule has 3 nitrogen and oxygen atoms in total. The predicted octanol–water partition coefficient (Wildman–Crippen LogP) is 1.63. The molecule has 14 heavy (non-hydrogen) atoms. The van der Waals surface area contributed by atoms with E-state index >= 15 is 0 Å². The van der Waals surface area contributed by atoms with E-state index < -0.39 is 11.5 Å². The van der Waals surface area contributed by atoms with Crippen molar-refractivity contribution in [3.05, 3.63) is 0 Å². The summed E-state index contributed by atoms with van der Waals surface area (Å²) in [5, 5.41) is 12.1. The quantitative estimate of drug-likeness (QED) is 0.723. The number of hydrogen-bond donors (Lipinski definition) is 2. The van der Waals surface area contributed by atoms with Gasteiger partial charge in [0, 0.05) is 0 Å². The number of rotatable bonds is 3. The van der Waals surface area contributed by atoms with Crippen molar-refractivity contribution in [1.29, 1.82) is 0 Å². The summed E-state index contributed by atoms with van der Waals surface area (Å²) in [6, 6.07) is 0. The molecule has 0 aromatic carbocycles. The maximum Gasteiger partial charge on any atom is 0.324 e. The van der Waals surface area contributed by atoms with E-state index in [1.54, 1.807) is 7.05 Å². The van der Waals surface area contributed by atoms with Gasteiger partial charge in [-0.25, -0.2) is 0 Å². The fraction of sp³-hybridized carbons (Fsp3) is 0.909. The molecular weight excluding hydrogens is 178 g/mol. The lowest BCUT2D eigenvalue weighted by Crippen LogP contribution is -2.40. The number of hydrogen-bond acceptors (Lipinski definition) is 2. The van der Waals surface area contributed by atoms with Crippen LogP contribution < -0.4 is 5.32 Å². The second kappa shape index (κ2) is 3.54. The molecule has 0 aromatic rings.